The van der Waals surface area contributed by atoms with Crippen molar-refractivity contribution >= 4 is 5.91 Å². The summed E-state index contributed by atoms with van der Waals surface area (Å²) in [6, 6.07) is 14.1. The Kier molecular flexibility index (Phi) is 5.82. The van der Waals surface area contributed by atoms with E-state index in [9.17, 15) is 4.79 Å². The van der Waals surface area contributed by atoms with E-state index in [0.29, 0.717) is 19.1 Å². The maximum atomic E-state index is 12.6. The zero-order valence-electron chi connectivity index (χ0n) is 15.8. The summed E-state index contributed by atoms with van der Waals surface area (Å²) in [4.78, 5) is 14.4. The van der Waals surface area contributed by atoms with Crippen LogP contribution in [0.1, 0.15) is 43.4 Å². The van der Waals surface area contributed by atoms with Gasteiger partial charge in [0.2, 0.25) is 0 Å². The van der Waals surface area contributed by atoms with Crippen LogP contribution in [0.2, 0.25) is 0 Å². The van der Waals surface area contributed by atoms with Crippen LogP contribution in [0.15, 0.2) is 42.5 Å². The van der Waals surface area contributed by atoms with E-state index in [1.165, 1.54) is 11.1 Å². The number of rotatable bonds is 6. The fourth-order valence-corrected chi connectivity index (χ4v) is 3.20. The van der Waals surface area contributed by atoms with Crippen molar-refractivity contribution in [3.8, 4) is 11.5 Å². The highest BCUT2D eigenvalue weighted by Gasteiger charge is 2.21. The van der Waals surface area contributed by atoms with Gasteiger partial charge >= 0.3 is 0 Å². The number of carbonyl (C=O) groups excluding carboxylic acids is 1. The highest BCUT2D eigenvalue weighted by Crippen LogP contribution is 2.24. The predicted molar refractivity (Wildman–Crippen MR) is 103 cm³/mol. The molecule has 2 aromatic carbocycles. The molecule has 4 heteroatoms. The molecule has 0 fully saturated rings. The summed E-state index contributed by atoms with van der Waals surface area (Å²) in [5.74, 6) is 2.07. The first-order valence-electron chi connectivity index (χ1n) is 9.32. The van der Waals surface area contributed by atoms with Gasteiger partial charge in [0.1, 0.15) is 11.5 Å². The summed E-state index contributed by atoms with van der Waals surface area (Å²) in [5, 5.41) is 0. The SMILES string of the molecule is CCOc1ccc2c(c1)CN(C(=O)COc1cccc(C(C)C)c1)CC2. The molecule has 1 aliphatic rings. The molecular formula is C22H27NO3. The predicted octanol–water partition coefficient (Wildman–Crippen LogP) is 4.17. The van der Waals surface area contributed by atoms with E-state index in [1.807, 2.05) is 42.2 Å². The molecule has 1 aliphatic heterocycles. The van der Waals surface area contributed by atoms with Gasteiger partial charge in [-0.05, 0) is 60.2 Å². The molecule has 0 aliphatic carbocycles. The molecule has 0 saturated carbocycles. The Balaban J connectivity index is 1.61. The van der Waals surface area contributed by atoms with Gasteiger partial charge in [-0.2, -0.15) is 0 Å². The number of carbonyl (C=O) groups is 1. The zero-order chi connectivity index (χ0) is 18.5. The third-order valence-electron chi connectivity index (χ3n) is 4.74. The van der Waals surface area contributed by atoms with Crippen molar-refractivity contribution in [1.82, 2.24) is 4.90 Å². The number of ether oxygens (including phenoxy) is 2. The normalized spacial score (nSPS) is 13.5. The minimum absolute atomic E-state index is 0.0208. The Morgan fingerprint density at radius 2 is 1.88 bits per heavy atom. The quantitative estimate of drug-likeness (QED) is 0.782. The second-order valence-corrected chi connectivity index (χ2v) is 6.94. The van der Waals surface area contributed by atoms with E-state index in [-0.39, 0.29) is 12.5 Å². The second kappa shape index (κ2) is 8.26. The van der Waals surface area contributed by atoms with E-state index in [2.05, 4.69) is 26.0 Å². The molecule has 0 radical (unpaired) electrons. The van der Waals surface area contributed by atoms with E-state index in [0.717, 1.165) is 30.0 Å². The minimum Gasteiger partial charge on any atom is -0.494 e. The molecule has 0 bridgehead atoms. The lowest BCUT2D eigenvalue weighted by atomic mass is 9.99. The van der Waals surface area contributed by atoms with Crippen LogP contribution in [0.4, 0.5) is 0 Å². The lowest BCUT2D eigenvalue weighted by Gasteiger charge is -2.29. The summed E-state index contributed by atoms with van der Waals surface area (Å²) < 4.78 is 11.3. The number of hydrogen-bond acceptors (Lipinski definition) is 3. The fourth-order valence-electron chi connectivity index (χ4n) is 3.20. The maximum Gasteiger partial charge on any atom is 0.260 e. The van der Waals surface area contributed by atoms with Crippen LogP contribution in [0.25, 0.3) is 0 Å². The topological polar surface area (TPSA) is 38.8 Å². The van der Waals surface area contributed by atoms with Crippen molar-refractivity contribution < 1.29 is 14.3 Å². The highest BCUT2D eigenvalue weighted by molar-refractivity contribution is 5.78. The van der Waals surface area contributed by atoms with Gasteiger partial charge in [0.05, 0.1) is 6.61 Å². The lowest BCUT2D eigenvalue weighted by Crippen LogP contribution is -2.38. The van der Waals surface area contributed by atoms with Crippen molar-refractivity contribution in [2.24, 2.45) is 0 Å². The average molecular weight is 353 g/mol. The summed E-state index contributed by atoms with van der Waals surface area (Å²) >= 11 is 0. The second-order valence-electron chi connectivity index (χ2n) is 6.94. The third kappa shape index (κ3) is 4.37. The number of amides is 1. The molecule has 0 unspecified atom stereocenters. The van der Waals surface area contributed by atoms with Gasteiger partial charge in [-0.1, -0.05) is 32.0 Å². The van der Waals surface area contributed by atoms with Gasteiger partial charge < -0.3 is 14.4 Å². The van der Waals surface area contributed by atoms with Gasteiger partial charge in [0.15, 0.2) is 6.61 Å². The van der Waals surface area contributed by atoms with Crippen LogP contribution in [0, 0.1) is 0 Å². The van der Waals surface area contributed by atoms with Crippen LogP contribution >= 0.6 is 0 Å². The first-order valence-corrected chi connectivity index (χ1v) is 9.32. The number of fused-ring (bicyclic) bond motifs is 1. The summed E-state index contributed by atoms with van der Waals surface area (Å²) in [5.41, 5.74) is 3.67. The molecule has 4 nitrogen and oxygen atoms in total. The van der Waals surface area contributed by atoms with Gasteiger partial charge in [0, 0.05) is 13.1 Å². The van der Waals surface area contributed by atoms with E-state index >= 15 is 0 Å². The van der Waals surface area contributed by atoms with Gasteiger partial charge in [-0.25, -0.2) is 0 Å². The molecular weight excluding hydrogens is 326 g/mol. The fraction of sp³-hybridized carbons (Fsp3) is 0.409. The van der Waals surface area contributed by atoms with Crippen molar-refractivity contribution in [1.29, 1.82) is 0 Å². The van der Waals surface area contributed by atoms with Crippen LogP contribution in [-0.4, -0.2) is 30.6 Å². The van der Waals surface area contributed by atoms with Gasteiger partial charge in [0.25, 0.3) is 5.91 Å². The van der Waals surface area contributed by atoms with Gasteiger partial charge in [-0.15, -0.1) is 0 Å². The third-order valence-corrected chi connectivity index (χ3v) is 4.74. The molecule has 2 aromatic rings. The largest absolute Gasteiger partial charge is 0.494 e. The molecule has 138 valence electrons. The average Bonchev–Trinajstić information content (AvgIpc) is 2.66. The smallest absolute Gasteiger partial charge is 0.260 e. The molecule has 26 heavy (non-hydrogen) atoms. The Labute approximate surface area is 155 Å². The van der Waals surface area contributed by atoms with E-state index in [1.54, 1.807) is 0 Å². The Morgan fingerprint density at radius 3 is 2.65 bits per heavy atom. The van der Waals surface area contributed by atoms with Crippen LogP contribution in [0.3, 0.4) is 0 Å². The van der Waals surface area contributed by atoms with Crippen LogP contribution in [-0.2, 0) is 17.8 Å². The summed E-state index contributed by atoms with van der Waals surface area (Å²) in [7, 11) is 0. The van der Waals surface area contributed by atoms with Crippen LogP contribution < -0.4 is 9.47 Å². The molecule has 0 saturated heterocycles. The Morgan fingerprint density at radius 1 is 1.08 bits per heavy atom. The van der Waals surface area contributed by atoms with Crippen molar-refractivity contribution in [3.63, 3.8) is 0 Å². The first kappa shape index (κ1) is 18.3. The zero-order valence-corrected chi connectivity index (χ0v) is 15.8. The van der Waals surface area contributed by atoms with Crippen molar-refractivity contribution in [2.75, 3.05) is 19.8 Å². The number of benzene rings is 2. The molecule has 1 amide bonds. The van der Waals surface area contributed by atoms with E-state index < -0.39 is 0 Å². The van der Waals surface area contributed by atoms with E-state index in [4.69, 9.17) is 9.47 Å². The molecule has 0 aromatic heterocycles. The Hall–Kier alpha value is -2.49. The summed E-state index contributed by atoms with van der Waals surface area (Å²) in [6.45, 7) is 8.32. The molecule has 0 atom stereocenters. The maximum absolute atomic E-state index is 12.6. The number of nitrogens with zero attached hydrogens (tertiary/aromatic N) is 1. The van der Waals surface area contributed by atoms with Gasteiger partial charge in [-0.3, -0.25) is 4.79 Å². The van der Waals surface area contributed by atoms with Crippen LogP contribution in [0.5, 0.6) is 11.5 Å². The standard InChI is InChI=1S/C22H27NO3/c1-4-25-21-9-8-17-10-11-23(14-19(17)13-21)22(24)15-26-20-7-5-6-18(12-20)16(2)3/h5-9,12-13,16H,4,10-11,14-15H2,1-3H3. The molecule has 0 spiro atoms. The van der Waals surface area contributed by atoms with Crippen molar-refractivity contribution in [3.05, 3.63) is 59.2 Å². The highest BCUT2D eigenvalue weighted by atomic mass is 16.5. The minimum atomic E-state index is 0.0208. The monoisotopic (exact) mass is 353 g/mol. The van der Waals surface area contributed by atoms with Crippen molar-refractivity contribution in [2.45, 2.75) is 39.7 Å². The first-order chi connectivity index (χ1) is 12.6. The number of hydrogen-bond donors (Lipinski definition) is 0. The molecule has 0 N–H and O–H groups in total. The Bertz CT molecular complexity index is 770. The summed E-state index contributed by atoms with van der Waals surface area (Å²) in [6.07, 6.45) is 0.871. The molecule has 1 heterocycles. The lowest BCUT2D eigenvalue weighted by molar-refractivity contribution is -0.134. The molecule has 3 rings (SSSR count).